The first kappa shape index (κ1) is 12.4. The summed E-state index contributed by atoms with van der Waals surface area (Å²) in [5.41, 5.74) is 1.76. The lowest BCUT2D eigenvalue weighted by Crippen LogP contribution is -2.20. The van der Waals surface area contributed by atoms with Crippen LogP contribution >= 0.6 is 0 Å². The molecular weight excluding hydrogens is 184 g/mol. The molecule has 0 aromatic carbocycles. The molecule has 0 bridgehead atoms. The SMILES string of the molecule is CC1=CC=C(O)CC(C)C1CC(C)(C)C. The fraction of sp³-hybridized carbons (Fsp3) is 0.714. The van der Waals surface area contributed by atoms with E-state index < -0.39 is 0 Å². The maximum Gasteiger partial charge on any atom is 0.0925 e. The molecule has 0 amide bonds. The lowest BCUT2D eigenvalue weighted by atomic mass is 9.75. The Kier molecular flexibility index (Phi) is 3.64. The first-order valence-corrected chi connectivity index (χ1v) is 5.86. The van der Waals surface area contributed by atoms with Gasteiger partial charge in [0.25, 0.3) is 0 Å². The monoisotopic (exact) mass is 208 g/mol. The molecule has 0 fully saturated rings. The average molecular weight is 208 g/mol. The Morgan fingerprint density at radius 2 is 1.93 bits per heavy atom. The van der Waals surface area contributed by atoms with Crippen molar-refractivity contribution in [2.75, 3.05) is 0 Å². The van der Waals surface area contributed by atoms with Gasteiger partial charge in [0.05, 0.1) is 5.76 Å². The molecule has 15 heavy (non-hydrogen) atoms. The number of hydrogen-bond acceptors (Lipinski definition) is 1. The molecule has 0 aromatic rings. The number of aliphatic hydroxyl groups is 1. The molecular formula is C14H24O. The van der Waals surface area contributed by atoms with Gasteiger partial charge in [0.15, 0.2) is 0 Å². The molecule has 0 heterocycles. The van der Waals surface area contributed by atoms with Crippen LogP contribution in [0.15, 0.2) is 23.5 Å². The molecule has 1 nitrogen and oxygen atoms in total. The topological polar surface area (TPSA) is 20.2 Å². The van der Waals surface area contributed by atoms with Crippen LogP contribution in [-0.2, 0) is 0 Å². The van der Waals surface area contributed by atoms with Crippen LogP contribution in [-0.4, -0.2) is 5.11 Å². The van der Waals surface area contributed by atoms with Crippen LogP contribution in [0.1, 0.15) is 47.5 Å². The lowest BCUT2D eigenvalue weighted by molar-refractivity contribution is 0.246. The molecule has 0 radical (unpaired) electrons. The van der Waals surface area contributed by atoms with Crippen molar-refractivity contribution in [3.8, 4) is 0 Å². The summed E-state index contributed by atoms with van der Waals surface area (Å²) in [4.78, 5) is 0. The maximum absolute atomic E-state index is 9.61. The normalized spacial score (nSPS) is 28.1. The molecule has 0 aromatic heterocycles. The molecule has 0 saturated heterocycles. The first-order chi connectivity index (χ1) is 6.79. The Balaban J connectivity index is 2.81. The van der Waals surface area contributed by atoms with E-state index in [2.05, 4.69) is 40.7 Å². The van der Waals surface area contributed by atoms with Gasteiger partial charge in [-0.3, -0.25) is 0 Å². The van der Waals surface area contributed by atoms with Gasteiger partial charge in [0, 0.05) is 6.42 Å². The maximum atomic E-state index is 9.61. The van der Waals surface area contributed by atoms with Crippen molar-refractivity contribution in [1.29, 1.82) is 0 Å². The summed E-state index contributed by atoms with van der Waals surface area (Å²) in [6, 6.07) is 0. The Morgan fingerprint density at radius 3 is 2.47 bits per heavy atom. The number of allylic oxidation sites excluding steroid dienone is 4. The highest BCUT2D eigenvalue weighted by molar-refractivity contribution is 5.20. The highest BCUT2D eigenvalue weighted by Gasteiger charge is 2.26. The molecule has 1 aliphatic rings. The van der Waals surface area contributed by atoms with Gasteiger partial charge in [-0.2, -0.15) is 0 Å². The zero-order chi connectivity index (χ0) is 11.6. The Morgan fingerprint density at radius 1 is 1.33 bits per heavy atom. The largest absolute Gasteiger partial charge is 0.512 e. The van der Waals surface area contributed by atoms with Gasteiger partial charge in [-0.05, 0) is 36.7 Å². The van der Waals surface area contributed by atoms with Gasteiger partial charge >= 0.3 is 0 Å². The molecule has 2 unspecified atom stereocenters. The standard InChI is InChI=1S/C14H24O/c1-10-6-7-12(15)8-11(2)13(10)9-14(3,4)5/h6-7,11,13,15H,8-9H2,1-5H3. The van der Waals surface area contributed by atoms with Crippen LogP contribution in [0, 0.1) is 17.3 Å². The van der Waals surface area contributed by atoms with Crippen LogP contribution in [0.5, 0.6) is 0 Å². The summed E-state index contributed by atoms with van der Waals surface area (Å²) in [5.74, 6) is 1.67. The predicted octanol–water partition coefficient (Wildman–Crippen LogP) is 4.47. The summed E-state index contributed by atoms with van der Waals surface area (Å²) >= 11 is 0. The fourth-order valence-corrected chi connectivity index (χ4v) is 2.36. The summed E-state index contributed by atoms with van der Waals surface area (Å²) in [6.45, 7) is 11.3. The second-order valence-electron chi connectivity index (χ2n) is 6.12. The Bertz CT molecular complexity index is 278. The molecule has 1 N–H and O–H groups in total. The van der Waals surface area contributed by atoms with Crippen molar-refractivity contribution in [2.24, 2.45) is 17.3 Å². The van der Waals surface area contributed by atoms with Crippen molar-refractivity contribution in [3.63, 3.8) is 0 Å². The third kappa shape index (κ3) is 3.73. The van der Waals surface area contributed by atoms with Crippen LogP contribution in [0.2, 0.25) is 0 Å². The summed E-state index contributed by atoms with van der Waals surface area (Å²) in [7, 11) is 0. The third-order valence-corrected chi connectivity index (χ3v) is 3.17. The first-order valence-electron chi connectivity index (χ1n) is 5.86. The van der Waals surface area contributed by atoms with E-state index in [4.69, 9.17) is 0 Å². The molecule has 1 heteroatoms. The molecule has 86 valence electrons. The minimum absolute atomic E-state index is 0.355. The number of rotatable bonds is 1. The molecule has 2 atom stereocenters. The summed E-state index contributed by atoms with van der Waals surface area (Å²) < 4.78 is 0. The highest BCUT2D eigenvalue weighted by atomic mass is 16.3. The quantitative estimate of drug-likeness (QED) is 0.674. The lowest BCUT2D eigenvalue weighted by Gasteiger charge is -2.30. The molecule has 1 rings (SSSR count). The second-order valence-corrected chi connectivity index (χ2v) is 6.12. The average Bonchev–Trinajstić information content (AvgIpc) is 2.17. The zero-order valence-corrected chi connectivity index (χ0v) is 10.7. The van der Waals surface area contributed by atoms with Gasteiger partial charge in [-0.1, -0.05) is 39.3 Å². The van der Waals surface area contributed by atoms with Gasteiger partial charge < -0.3 is 5.11 Å². The zero-order valence-electron chi connectivity index (χ0n) is 10.7. The van der Waals surface area contributed by atoms with Crippen LogP contribution in [0.3, 0.4) is 0 Å². The molecule has 1 aliphatic carbocycles. The predicted molar refractivity (Wildman–Crippen MR) is 65.8 cm³/mol. The molecule has 0 aliphatic heterocycles. The van der Waals surface area contributed by atoms with E-state index in [1.165, 1.54) is 12.0 Å². The van der Waals surface area contributed by atoms with E-state index in [1.54, 1.807) is 0 Å². The minimum Gasteiger partial charge on any atom is -0.512 e. The van der Waals surface area contributed by atoms with Gasteiger partial charge in [-0.25, -0.2) is 0 Å². The highest BCUT2D eigenvalue weighted by Crippen LogP contribution is 2.37. The number of aliphatic hydroxyl groups excluding tert-OH is 1. The molecule has 0 saturated carbocycles. The third-order valence-electron chi connectivity index (χ3n) is 3.17. The van der Waals surface area contributed by atoms with Gasteiger partial charge in [-0.15, -0.1) is 0 Å². The van der Waals surface area contributed by atoms with Gasteiger partial charge in [0.1, 0.15) is 0 Å². The van der Waals surface area contributed by atoms with E-state index in [-0.39, 0.29) is 0 Å². The van der Waals surface area contributed by atoms with Crippen LogP contribution < -0.4 is 0 Å². The summed E-state index contributed by atoms with van der Waals surface area (Å²) in [6.07, 6.45) is 5.94. The number of hydrogen-bond donors (Lipinski definition) is 1. The Labute approximate surface area is 93.9 Å². The molecule has 0 spiro atoms. The smallest absolute Gasteiger partial charge is 0.0925 e. The van der Waals surface area contributed by atoms with E-state index >= 15 is 0 Å². The van der Waals surface area contributed by atoms with Gasteiger partial charge in [0.2, 0.25) is 0 Å². The van der Waals surface area contributed by atoms with Crippen molar-refractivity contribution < 1.29 is 5.11 Å². The van der Waals surface area contributed by atoms with E-state index in [0.29, 0.717) is 23.0 Å². The minimum atomic E-state index is 0.355. The van der Waals surface area contributed by atoms with Crippen molar-refractivity contribution in [2.45, 2.75) is 47.5 Å². The van der Waals surface area contributed by atoms with Crippen molar-refractivity contribution >= 4 is 0 Å². The van der Waals surface area contributed by atoms with E-state index in [9.17, 15) is 5.11 Å². The van der Waals surface area contributed by atoms with Crippen LogP contribution in [0.4, 0.5) is 0 Å². The van der Waals surface area contributed by atoms with E-state index in [0.717, 1.165) is 6.42 Å². The van der Waals surface area contributed by atoms with Crippen molar-refractivity contribution in [3.05, 3.63) is 23.5 Å². The van der Waals surface area contributed by atoms with E-state index in [1.807, 2.05) is 6.08 Å². The Hall–Kier alpha value is -0.720. The van der Waals surface area contributed by atoms with Crippen LogP contribution in [0.25, 0.3) is 0 Å². The second kappa shape index (κ2) is 4.42. The summed E-state index contributed by atoms with van der Waals surface area (Å²) in [5, 5.41) is 9.61. The van der Waals surface area contributed by atoms with Crippen molar-refractivity contribution in [1.82, 2.24) is 0 Å². The fourth-order valence-electron chi connectivity index (χ4n) is 2.36.